The Morgan fingerprint density at radius 2 is 2.13 bits per heavy atom. The molecule has 0 fully saturated rings. The molecule has 15 heavy (non-hydrogen) atoms. The van der Waals surface area contributed by atoms with Crippen LogP contribution in [-0.4, -0.2) is 21.2 Å². The summed E-state index contributed by atoms with van der Waals surface area (Å²) >= 11 is 0. The zero-order valence-corrected chi connectivity index (χ0v) is 8.54. The molecule has 1 aromatic carbocycles. The molecule has 0 spiro atoms. The maximum absolute atomic E-state index is 4.28. The molecule has 0 bridgehead atoms. The smallest absolute Gasteiger partial charge is 0.124 e. The standard InChI is InChI=1S/C11H12N4/c1-2-15-9-11(13-14-15)8-12-10-6-4-3-5-7-10/h3-9H,2H2,1H3. The first-order valence-electron chi connectivity index (χ1n) is 4.87. The molecule has 0 saturated carbocycles. The van der Waals surface area contributed by atoms with Gasteiger partial charge in [-0.3, -0.25) is 9.67 Å². The van der Waals surface area contributed by atoms with Gasteiger partial charge in [-0.15, -0.1) is 5.10 Å². The van der Waals surface area contributed by atoms with E-state index in [1.165, 1.54) is 0 Å². The molecule has 0 radical (unpaired) electrons. The first kappa shape index (κ1) is 9.58. The molecule has 0 aliphatic heterocycles. The number of aromatic nitrogens is 3. The van der Waals surface area contributed by atoms with E-state index in [0.717, 1.165) is 17.9 Å². The van der Waals surface area contributed by atoms with Gasteiger partial charge in [-0.2, -0.15) is 0 Å². The third-order valence-corrected chi connectivity index (χ3v) is 1.98. The van der Waals surface area contributed by atoms with E-state index in [2.05, 4.69) is 15.3 Å². The minimum Gasteiger partial charge on any atom is -0.255 e. The number of aliphatic imine (C=N–C) groups is 1. The Hall–Kier alpha value is -1.97. The predicted octanol–water partition coefficient (Wildman–Crippen LogP) is 2.05. The molecule has 0 saturated heterocycles. The highest BCUT2D eigenvalue weighted by Crippen LogP contribution is 2.08. The van der Waals surface area contributed by atoms with Crippen LogP contribution in [0.25, 0.3) is 0 Å². The first-order valence-corrected chi connectivity index (χ1v) is 4.87. The van der Waals surface area contributed by atoms with Crippen molar-refractivity contribution in [3.8, 4) is 0 Å². The number of hydrogen-bond donors (Lipinski definition) is 0. The zero-order valence-electron chi connectivity index (χ0n) is 8.54. The Morgan fingerprint density at radius 3 is 2.80 bits per heavy atom. The second-order valence-corrected chi connectivity index (χ2v) is 3.09. The Labute approximate surface area is 88.3 Å². The van der Waals surface area contributed by atoms with Gasteiger partial charge in [0.1, 0.15) is 5.69 Å². The number of benzene rings is 1. The molecular weight excluding hydrogens is 188 g/mol. The molecule has 0 atom stereocenters. The summed E-state index contributed by atoms with van der Waals surface area (Å²) in [6, 6.07) is 9.76. The lowest BCUT2D eigenvalue weighted by Gasteiger charge is -1.89. The summed E-state index contributed by atoms with van der Waals surface area (Å²) in [5.74, 6) is 0. The Morgan fingerprint density at radius 1 is 1.33 bits per heavy atom. The van der Waals surface area contributed by atoms with Crippen molar-refractivity contribution in [2.75, 3.05) is 0 Å². The minimum absolute atomic E-state index is 0.778. The number of aryl methyl sites for hydroxylation is 1. The van der Waals surface area contributed by atoms with Crippen LogP contribution >= 0.6 is 0 Å². The fourth-order valence-electron chi connectivity index (χ4n) is 1.18. The summed E-state index contributed by atoms with van der Waals surface area (Å²) in [5, 5.41) is 7.89. The molecule has 2 aromatic rings. The third kappa shape index (κ3) is 2.49. The molecule has 4 nitrogen and oxygen atoms in total. The van der Waals surface area contributed by atoms with Crippen molar-refractivity contribution in [2.45, 2.75) is 13.5 Å². The topological polar surface area (TPSA) is 43.1 Å². The Kier molecular flexibility index (Phi) is 2.88. The van der Waals surface area contributed by atoms with Gasteiger partial charge in [-0.05, 0) is 19.1 Å². The van der Waals surface area contributed by atoms with E-state index in [1.807, 2.05) is 43.5 Å². The molecular formula is C11H12N4. The van der Waals surface area contributed by atoms with Crippen LogP contribution in [-0.2, 0) is 6.54 Å². The summed E-state index contributed by atoms with van der Waals surface area (Å²) in [6.07, 6.45) is 3.58. The largest absolute Gasteiger partial charge is 0.255 e. The number of hydrogen-bond acceptors (Lipinski definition) is 3. The molecule has 0 aliphatic carbocycles. The maximum Gasteiger partial charge on any atom is 0.124 e. The lowest BCUT2D eigenvalue weighted by Crippen LogP contribution is -1.93. The van der Waals surface area contributed by atoms with Crippen molar-refractivity contribution >= 4 is 11.9 Å². The van der Waals surface area contributed by atoms with Crippen LogP contribution in [0.3, 0.4) is 0 Å². The molecule has 0 aliphatic rings. The summed E-state index contributed by atoms with van der Waals surface area (Å²) < 4.78 is 1.77. The van der Waals surface area contributed by atoms with E-state index >= 15 is 0 Å². The van der Waals surface area contributed by atoms with Gasteiger partial charge in [-0.25, -0.2) is 0 Å². The monoisotopic (exact) mass is 200 g/mol. The Bertz CT molecular complexity index is 445. The van der Waals surface area contributed by atoms with Crippen LogP contribution < -0.4 is 0 Å². The van der Waals surface area contributed by atoms with E-state index in [4.69, 9.17) is 0 Å². The number of para-hydroxylation sites is 1. The van der Waals surface area contributed by atoms with Crippen molar-refractivity contribution in [3.63, 3.8) is 0 Å². The van der Waals surface area contributed by atoms with E-state index < -0.39 is 0 Å². The predicted molar refractivity (Wildman–Crippen MR) is 59.4 cm³/mol. The highest BCUT2D eigenvalue weighted by molar-refractivity contribution is 5.78. The van der Waals surface area contributed by atoms with Crippen LogP contribution in [0.4, 0.5) is 5.69 Å². The first-order chi connectivity index (χ1) is 7.38. The SMILES string of the molecule is CCn1cc(C=Nc2ccccc2)nn1. The van der Waals surface area contributed by atoms with Crippen LogP contribution in [0.2, 0.25) is 0 Å². The lowest BCUT2D eigenvalue weighted by atomic mass is 10.3. The van der Waals surface area contributed by atoms with Crippen molar-refractivity contribution in [2.24, 2.45) is 4.99 Å². The average molecular weight is 200 g/mol. The number of nitrogens with zero attached hydrogens (tertiary/aromatic N) is 4. The van der Waals surface area contributed by atoms with Gasteiger partial charge in [-0.1, -0.05) is 23.4 Å². The van der Waals surface area contributed by atoms with Crippen LogP contribution in [0.1, 0.15) is 12.6 Å². The molecule has 4 heteroatoms. The highest BCUT2D eigenvalue weighted by atomic mass is 15.4. The van der Waals surface area contributed by atoms with Crippen molar-refractivity contribution in [1.82, 2.24) is 15.0 Å². The fraction of sp³-hybridized carbons (Fsp3) is 0.182. The molecule has 1 heterocycles. The summed E-state index contributed by atoms with van der Waals surface area (Å²) in [7, 11) is 0. The quantitative estimate of drug-likeness (QED) is 0.711. The molecule has 0 amide bonds. The highest BCUT2D eigenvalue weighted by Gasteiger charge is 1.94. The third-order valence-electron chi connectivity index (χ3n) is 1.98. The normalized spacial score (nSPS) is 11.0. The second-order valence-electron chi connectivity index (χ2n) is 3.09. The molecule has 76 valence electrons. The van der Waals surface area contributed by atoms with Gasteiger partial charge in [0, 0.05) is 6.54 Å². The van der Waals surface area contributed by atoms with Crippen molar-refractivity contribution in [3.05, 3.63) is 42.2 Å². The fourth-order valence-corrected chi connectivity index (χ4v) is 1.18. The van der Waals surface area contributed by atoms with E-state index in [9.17, 15) is 0 Å². The second kappa shape index (κ2) is 4.50. The van der Waals surface area contributed by atoms with Crippen molar-refractivity contribution in [1.29, 1.82) is 0 Å². The van der Waals surface area contributed by atoms with Gasteiger partial charge < -0.3 is 0 Å². The number of rotatable bonds is 3. The van der Waals surface area contributed by atoms with Gasteiger partial charge in [0.25, 0.3) is 0 Å². The summed E-state index contributed by atoms with van der Waals surface area (Å²) in [5.41, 5.74) is 1.70. The minimum atomic E-state index is 0.778. The molecule has 0 N–H and O–H groups in total. The van der Waals surface area contributed by atoms with Gasteiger partial charge >= 0.3 is 0 Å². The lowest BCUT2D eigenvalue weighted by molar-refractivity contribution is 0.627. The average Bonchev–Trinajstić information content (AvgIpc) is 2.76. The Balaban J connectivity index is 2.11. The zero-order chi connectivity index (χ0) is 10.5. The molecule has 0 unspecified atom stereocenters. The maximum atomic E-state index is 4.28. The van der Waals surface area contributed by atoms with E-state index in [1.54, 1.807) is 10.9 Å². The van der Waals surface area contributed by atoms with E-state index in [-0.39, 0.29) is 0 Å². The molecule has 2 rings (SSSR count). The van der Waals surface area contributed by atoms with Gasteiger partial charge in [0.2, 0.25) is 0 Å². The summed E-state index contributed by atoms with van der Waals surface area (Å²) in [4.78, 5) is 4.28. The van der Waals surface area contributed by atoms with Crippen LogP contribution in [0.15, 0.2) is 41.5 Å². The van der Waals surface area contributed by atoms with Gasteiger partial charge in [0.15, 0.2) is 0 Å². The van der Waals surface area contributed by atoms with Gasteiger partial charge in [0.05, 0.1) is 18.1 Å². The van der Waals surface area contributed by atoms with Crippen LogP contribution in [0.5, 0.6) is 0 Å². The van der Waals surface area contributed by atoms with Crippen molar-refractivity contribution < 1.29 is 0 Å². The summed E-state index contributed by atoms with van der Waals surface area (Å²) in [6.45, 7) is 2.85. The van der Waals surface area contributed by atoms with Crippen LogP contribution in [0, 0.1) is 0 Å². The van der Waals surface area contributed by atoms with E-state index in [0.29, 0.717) is 0 Å². The molecule has 1 aromatic heterocycles.